The number of carbonyl (C=O) groups is 1. The van der Waals surface area contributed by atoms with Crippen LogP contribution in [0.4, 0.5) is 23.7 Å². The Morgan fingerprint density at radius 2 is 1.92 bits per heavy atom. The zero-order valence-corrected chi connectivity index (χ0v) is 14.2. The highest BCUT2D eigenvalue weighted by Gasteiger charge is 2.56. The molecule has 0 unspecified atom stereocenters. The SMILES string of the molecule is O=C1NN=C(c2ccc(N3CC4(C3)CS(=O)(=O)C4)c(C(F)(F)F)c2)CO1. The van der Waals surface area contributed by atoms with Crippen LogP contribution in [0.15, 0.2) is 23.3 Å². The minimum absolute atomic E-state index is 0.0116. The van der Waals surface area contributed by atoms with Gasteiger partial charge in [0.25, 0.3) is 0 Å². The van der Waals surface area contributed by atoms with E-state index in [1.807, 2.05) is 0 Å². The molecule has 1 aromatic rings. The maximum absolute atomic E-state index is 13.5. The molecule has 0 aliphatic carbocycles. The Balaban J connectivity index is 1.61. The van der Waals surface area contributed by atoms with Gasteiger partial charge in [-0.2, -0.15) is 18.3 Å². The van der Waals surface area contributed by atoms with Crippen LogP contribution in [0.1, 0.15) is 11.1 Å². The maximum Gasteiger partial charge on any atom is 0.428 e. The van der Waals surface area contributed by atoms with Crippen molar-refractivity contribution in [2.75, 3.05) is 36.1 Å². The Hall–Kier alpha value is -2.30. The van der Waals surface area contributed by atoms with Crippen molar-refractivity contribution in [2.24, 2.45) is 10.5 Å². The molecule has 1 amide bonds. The minimum atomic E-state index is -4.58. The third-order valence-electron chi connectivity index (χ3n) is 4.70. The molecule has 0 saturated carbocycles. The smallest absolute Gasteiger partial charge is 0.428 e. The van der Waals surface area contributed by atoms with E-state index in [2.05, 4.69) is 10.5 Å². The van der Waals surface area contributed by atoms with E-state index in [1.54, 1.807) is 4.90 Å². The van der Waals surface area contributed by atoms with Gasteiger partial charge in [-0.15, -0.1) is 0 Å². The summed E-state index contributed by atoms with van der Waals surface area (Å²) in [4.78, 5) is 12.5. The summed E-state index contributed by atoms with van der Waals surface area (Å²) in [5, 5.41) is 3.72. The van der Waals surface area contributed by atoms with Crippen LogP contribution in [0.5, 0.6) is 0 Å². The van der Waals surface area contributed by atoms with Gasteiger partial charge in [0.2, 0.25) is 0 Å². The number of benzene rings is 1. The van der Waals surface area contributed by atoms with Gasteiger partial charge in [-0.3, -0.25) is 0 Å². The van der Waals surface area contributed by atoms with E-state index in [0.717, 1.165) is 6.07 Å². The van der Waals surface area contributed by atoms with Gasteiger partial charge in [-0.25, -0.2) is 18.6 Å². The van der Waals surface area contributed by atoms with Gasteiger partial charge < -0.3 is 9.64 Å². The lowest BCUT2D eigenvalue weighted by atomic mass is 9.82. The molecule has 0 bridgehead atoms. The average molecular weight is 389 g/mol. The van der Waals surface area contributed by atoms with Gasteiger partial charge in [-0.1, -0.05) is 6.07 Å². The van der Waals surface area contributed by atoms with Crippen molar-refractivity contribution in [2.45, 2.75) is 6.18 Å². The van der Waals surface area contributed by atoms with Crippen LogP contribution in [0, 0.1) is 5.41 Å². The van der Waals surface area contributed by atoms with E-state index in [0.29, 0.717) is 0 Å². The summed E-state index contributed by atoms with van der Waals surface area (Å²) in [6, 6.07) is 3.79. The lowest BCUT2D eigenvalue weighted by Crippen LogP contribution is -2.68. The zero-order chi connectivity index (χ0) is 18.7. The number of amides is 1. The Labute approximate surface area is 146 Å². The van der Waals surface area contributed by atoms with Crippen LogP contribution in [0.25, 0.3) is 0 Å². The quantitative estimate of drug-likeness (QED) is 0.826. The first-order chi connectivity index (χ1) is 12.1. The fourth-order valence-electron chi connectivity index (χ4n) is 3.68. The van der Waals surface area contributed by atoms with Crippen molar-refractivity contribution in [3.05, 3.63) is 29.3 Å². The number of cyclic esters (lactones) is 1. The number of sulfone groups is 1. The van der Waals surface area contributed by atoms with Gasteiger partial charge in [0, 0.05) is 29.8 Å². The molecule has 4 rings (SSSR count). The molecule has 1 N–H and O–H groups in total. The third-order valence-corrected chi connectivity index (χ3v) is 6.81. The summed E-state index contributed by atoms with van der Waals surface area (Å²) in [5.41, 5.74) is 1.22. The van der Waals surface area contributed by atoms with Crippen LogP contribution in [0.2, 0.25) is 0 Å². The Bertz CT molecular complexity index is 907. The topological polar surface area (TPSA) is 88.1 Å². The predicted molar refractivity (Wildman–Crippen MR) is 85.8 cm³/mol. The molecule has 2 fully saturated rings. The number of halogens is 3. The second-order valence-electron chi connectivity index (χ2n) is 6.86. The number of rotatable bonds is 2. The molecule has 3 aliphatic heterocycles. The number of alkyl halides is 3. The van der Waals surface area contributed by atoms with Crippen molar-refractivity contribution in [1.82, 2.24) is 5.43 Å². The summed E-state index contributed by atoms with van der Waals surface area (Å²) in [6.07, 6.45) is -5.35. The van der Waals surface area contributed by atoms with Crippen molar-refractivity contribution in [3.8, 4) is 0 Å². The van der Waals surface area contributed by atoms with Gasteiger partial charge in [0.05, 0.1) is 17.1 Å². The number of hydrazone groups is 1. The molecule has 26 heavy (non-hydrogen) atoms. The van der Waals surface area contributed by atoms with Crippen LogP contribution >= 0.6 is 0 Å². The highest BCUT2D eigenvalue weighted by molar-refractivity contribution is 7.92. The van der Waals surface area contributed by atoms with E-state index in [9.17, 15) is 26.4 Å². The number of nitrogens with zero attached hydrogens (tertiary/aromatic N) is 2. The van der Waals surface area contributed by atoms with Crippen LogP contribution in [0.3, 0.4) is 0 Å². The first kappa shape index (κ1) is 17.1. The Morgan fingerprint density at radius 3 is 2.46 bits per heavy atom. The third kappa shape index (κ3) is 2.89. The molecule has 0 atom stereocenters. The second kappa shape index (κ2) is 5.35. The molecule has 0 radical (unpaired) electrons. The Morgan fingerprint density at radius 1 is 1.23 bits per heavy atom. The van der Waals surface area contributed by atoms with Crippen molar-refractivity contribution in [1.29, 1.82) is 0 Å². The van der Waals surface area contributed by atoms with Crippen LogP contribution in [-0.4, -0.2) is 51.4 Å². The molecular formula is C15H14F3N3O4S. The fraction of sp³-hybridized carbons (Fsp3) is 0.467. The molecule has 11 heteroatoms. The largest absolute Gasteiger partial charge is 0.442 e. The first-order valence-corrected chi connectivity index (χ1v) is 9.55. The van der Waals surface area contributed by atoms with Crippen molar-refractivity contribution < 1.29 is 31.1 Å². The summed E-state index contributed by atoms with van der Waals surface area (Å²) in [7, 11) is -3.03. The monoisotopic (exact) mass is 389 g/mol. The molecular weight excluding hydrogens is 375 g/mol. The number of ether oxygens (including phenoxy) is 1. The predicted octanol–water partition coefficient (Wildman–Crippen LogP) is 1.38. The fourth-order valence-corrected chi connectivity index (χ4v) is 5.83. The maximum atomic E-state index is 13.5. The van der Waals surface area contributed by atoms with E-state index in [4.69, 9.17) is 4.74 Å². The van der Waals surface area contributed by atoms with Crippen molar-refractivity contribution >= 4 is 27.3 Å². The van der Waals surface area contributed by atoms with E-state index in [-0.39, 0.29) is 48.2 Å². The average Bonchev–Trinajstić information content (AvgIpc) is 2.49. The number of hydrogen-bond acceptors (Lipinski definition) is 6. The number of carbonyl (C=O) groups excluding carboxylic acids is 1. The molecule has 7 nitrogen and oxygen atoms in total. The summed E-state index contributed by atoms with van der Waals surface area (Å²) in [5.74, 6) is 0.0631. The number of anilines is 1. The minimum Gasteiger partial charge on any atom is -0.442 e. The zero-order valence-electron chi connectivity index (χ0n) is 13.3. The highest BCUT2D eigenvalue weighted by atomic mass is 32.2. The normalized spacial score (nSPS) is 23.4. The van der Waals surface area contributed by atoms with Gasteiger partial charge in [-0.05, 0) is 12.1 Å². The number of nitrogens with one attached hydrogen (secondary N) is 1. The molecule has 1 spiro atoms. The number of hydrogen-bond donors (Lipinski definition) is 1. The molecule has 3 heterocycles. The summed E-state index contributed by atoms with van der Waals surface area (Å²) in [6.45, 7) is 0.358. The van der Waals surface area contributed by atoms with Gasteiger partial charge >= 0.3 is 12.3 Å². The standard InChI is InChI=1S/C15H14F3N3O4S/c16-15(17,18)10-3-9(11-4-25-13(22)20-19-11)1-2-12(10)21-5-14(6-21)7-26(23,24)8-14/h1-3H,4-8H2,(H,20,22). The molecule has 3 aliphatic rings. The van der Waals surface area contributed by atoms with Crippen LogP contribution < -0.4 is 10.3 Å². The summed E-state index contributed by atoms with van der Waals surface area (Å²) >= 11 is 0. The second-order valence-corrected chi connectivity index (χ2v) is 8.93. The summed E-state index contributed by atoms with van der Waals surface area (Å²) < 4.78 is 68.0. The van der Waals surface area contributed by atoms with E-state index >= 15 is 0 Å². The van der Waals surface area contributed by atoms with Crippen molar-refractivity contribution in [3.63, 3.8) is 0 Å². The molecule has 2 saturated heterocycles. The van der Waals surface area contributed by atoms with E-state index < -0.39 is 33.1 Å². The lowest BCUT2D eigenvalue weighted by Gasteiger charge is -2.56. The molecule has 140 valence electrons. The van der Waals surface area contributed by atoms with Gasteiger partial charge in [0.1, 0.15) is 12.3 Å². The highest BCUT2D eigenvalue weighted by Crippen LogP contribution is 2.46. The molecule has 1 aromatic carbocycles. The molecule has 0 aromatic heterocycles. The lowest BCUT2D eigenvalue weighted by molar-refractivity contribution is -0.137. The van der Waals surface area contributed by atoms with Gasteiger partial charge in [0.15, 0.2) is 9.84 Å². The van der Waals surface area contributed by atoms with Crippen LogP contribution in [-0.2, 0) is 20.8 Å². The first-order valence-electron chi connectivity index (χ1n) is 7.73. The Kier molecular flexibility index (Phi) is 3.52. The van der Waals surface area contributed by atoms with E-state index in [1.165, 1.54) is 12.1 Å².